The van der Waals surface area contributed by atoms with Crippen molar-refractivity contribution in [1.82, 2.24) is 5.32 Å². The molecule has 6 heteroatoms. The summed E-state index contributed by atoms with van der Waals surface area (Å²) in [7, 11) is 0. The van der Waals surface area contributed by atoms with Crippen LogP contribution in [0, 0.1) is 27.7 Å². The topological polar surface area (TPSA) is 88.0 Å². The zero-order valence-corrected chi connectivity index (χ0v) is 19.8. The highest BCUT2D eigenvalue weighted by Gasteiger charge is 2.19. The van der Waals surface area contributed by atoms with Gasteiger partial charge < -0.3 is 25.0 Å². The second-order valence-electron chi connectivity index (χ2n) is 8.52. The van der Waals surface area contributed by atoms with Gasteiger partial charge in [-0.3, -0.25) is 4.79 Å². The van der Waals surface area contributed by atoms with Gasteiger partial charge >= 0.3 is 5.97 Å². The zero-order valence-electron chi connectivity index (χ0n) is 19.8. The Morgan fingerprint density at radius 3 is 2.26 bits per heavy atom. The molecule has 0 saturated carbocycles. The number of hydrogen-bond acceptors (Lipinski definition) is 6. The number of nitrogens with one attached hydrogen (secondary N) is 1. The van der Waals surface area contributed by atoms with Crippen molar-refractivity contribution >= 4 is 5.97 Å². The molecule has 0 amide bonds. The van der Waals surface area contributed by atoms with E-state index in [4.69, 9.17) is 9.47 Å². The molecule has 0 radical (unpaired) electrons. The summed E-state index contributed by atoms with van der Waals surface area (Å²) in [4.78, 5) is 11.5. The number of ether oxygens (including phenoxy) is 2. The van der Waals surface area contributed by atoms with Crippen molar-refractivity contribution in [2.75, 3.05) is 6.54 Å². The first-order valence-corrected chi connectivity index (χ1v) is 10.6. The Labute approximate surface area is 185 Å². The summed E-state index contributed by atoms with van der Waals surface area (Å²) in [5.41, 5.74) is 4.64. The fourth-order valence-corrected chi connectivity index (χ4v) is 3.58. The number of phenols is 2. The average Bonchev–Trinajstić information content (AvgIpc) is 2.68. The van der Waals surface area contributed by atoms with E-state index in [0.717, 1.165) is 28.0 Å². The highest BCUT2D eigenvalue weighted by Crippen LogP contribution is 2.37. The maximum absolute atomic E-state index is 11.5. The molecule has 2 rings (SSSR count). The number of phenolic OH excluding ortho intramolecular Hbond substituents is 2. The van der Waals surface area contributed by atoms with Crippen LogP contribution in [0.15, 0.2) is 12.1 Å². The molecule has 0 aromatic heterocycles. The van der Waals surface area contributed by atoms with Crippen LogP contribution in [0.5, 0.6) is 23.0 Å². The van der Waals surface area contributed by atoms with Gasteiger partial charge in [0, 0.05) is 36.7 Å². The molecule has 1 atom stereocenters. The van der Waals surface area contributed by atoms with Gasteiger partial charge in [-0.25, -0.2) is 0 Å². The molecule has 0 saturated heterocycles. The minimum Gasteiger partial charge on any atom is -0.508 e. The minimum absolute atomic E-state index is 0.136. The lowest BCUT2D eigenvalue weighted by atomic mass is 9.97. The van der Waals surface area contributed by atoms with Crippen LogP contribution in [0.4, 0.5) is 0 Å². The van der Waals surface area contributed by atoms with Crippen LogP contribution in [-0.2, 0) is 11.3 Å². The van der Waals surface area contributed by atoms with Crippen molar-refractivity contribution in [1.29, 1.82) is 0 Å². The normalized spacial score (nSPS) is 12.2. The molecule has 6 nitrogen and oxygen atoms in total. The summed E-state index contributed by atoms with van der Waals surface area (Å²) in [5, 5.41) is 24.0. The number of rotatable bonds is 8. The van der Waals surface area contributed by atoms with E-state index in [1.54, 1.807) is 6.07 Å². The van der Waals surface area contributed by atoms with Gasteiger partial charge in [0.25, 0.3) is 0 Å². The number of aromatic hydroxyl groups is 2. The van der Waals surface area contributed by atoms with Crippen LogP contribution in [0.1, 0.15) is 67.0 Å². The smallest absolute Gasteiger partial charge is 0.308 e. The molecule has 1 unspecified atom stereocenters. The molecule has 2 aromatic rings. The predicted octanol–water partition coefficient (Wildman–Crippen LogP) is 4.94. The number of carbonyl (C=O) groups is 1. The van der Waals surface area contributed by atoms with Crippen molar-refractivity contribution in [3.63, 3.8) is 0 Å². The van der Waals surface area contributed by atoms with E-state index in [1.807, 2.05) is 40.7 Å². The first-order chi connectivity index (χ1) is 14.4. The van der Waals surface area contributed by atoms with Gasteiger partial charge in [0.15, 0.2) is 0 Å². The summed E-state index contributed by atoms with van der Waals surface area (Å²) >= 11 is 0. The van der Waals surface area contributed by atoms with Crippen LogP contribution < -0.4 is 14.8 Å². The van der Waals surface area contributed by atoms with E-state index in [2.05, 4.69) is 19.2 Å². The minimum atomic E-state index is -0.387. The van der Waals surface area contributed by atoms with Gasteiger partial charge in [-0.2, -0.15) is 0 Å². The van der Waals surface area contributed by atoms with Gasteiger partial charge in [0.05, 0.1) is 0 Å². The fraction of sp³-hybridized carbons (Fsp3) is 0.480. The molecule has 170 valence electrons. The summed E-state index contributed by atoms with van der Waals surface area (Å²) < 4.78 is 11.5. The highest BCUT2D eigenvalue weighted by molar-refractivity contribution is 5.72. The zero-order chi connectivity index (χ0) is 23.5. The molecular formula is C25H35NO5. The Kier molecular flexibility index (Phi) is 7.96. The lowest BCUT2D eigenvalue weighted by Gasteiger charge is -2.22. The second-order valence-corrected chi connectivity index (χ2v) is 8.52. The highest BCUT2D eigenvalue weighted by atomic mass is 16.5. The summed E-state index contributed by atoms with van der Waals surface area (Å²) in [5.74, 6) is 1.58. The van der Waals surface area contributed by atoms with Crippen molar-refractivity contribution in [2.45, 2.75) is 74.0 Å². The van der Waals surface area contributed by atoms with Crippen molar-refractivity contribution in [2.24, 2.45) is 0 Å². The lowest BCUT2D eigenvalue weighted by Crippen LogP contribution is -2.29. The number of aryl methyl sites for hydroxylation is 1. The molecule has 0 aliphatic heterocycles. The molecule has 3 N–H and O–H groups in total. The van der Waals surface area contributed by atoms with E-state index < -0.39 is 0 Å². The standard InChI is InChI=1S/C25H35NO5/c1-13(2)20-10-22(28)14(3)9-23(20)30-15(4)11-26-12-21-18(7)25(31-19(8)27)17(6)16(5)24(21)29/h9-10,13,15,26,28-29H,11-12H2,1-8H3. The predicted molar refractivity (Wildman–Crippen MR) is 122 cm³/mol. The van der Waals surface area contributed by atoms with E-state index in [1.165, 1.54) is 6.92 Å². The summed E-state index contributed by atoms with van der Waals surface area (Å²) in [6, 6.07) is 3.63. The SMILES string of the molecule is CC(=O)Oc1c(C)c(C)c(O)c(CNCC(C)Oc2cc(C)c(O)cc2C(C)C)c1C. The van der Waals surface area contributed by atoms with Crippen LogP contribution in [0.2, 0.25) is 0 Å². The average molecular weight is 430 g/mol. The molecule has 2 aromatic carbocycles. The van der Waals surface area contributed by atoms with Crippen LogP contribution in [0.3, 0.4) is 0 Å². The Balaban J connectivity index is 2.13. The molecule has 0 aliphatic carbocycles. The lowest BCUT2D eigenvalue weighted by molar-refractivity contribution is -0.131. The Morgan fingerprint density at radius 1 is 1.03 bits per heavy atom. The van der Waals surface area contributed by atoms with Gasteiger partial charge in [-0.15, -0.1) is 0 Å². The third-order valence-corrected chi connectivity index (χ3v) is 5.60. The molecule has 0 bridgehead atoms. The molecule has 0 spiro atoms. The first kappa shape index (κ1) is 24.5. The number of benzene rings is 2. The summed E-state index contributed by atoms with van der Waals surface area (Å²) in [6.45, 7) is 15.8. The monoisotopic (exact) mass is 429 g/mol. The number of hydrogen-bond donors (Lipinski definition) is 3. The quantitative estimate of drug-likeness (QED) is 0.407. The fourth-order valence-electron chi connectivity index (χ4n) is 3.58. The third-order valence-electron chi connectivity index (χ3n) is 5.60. The van der Waals surface area contributed by atoms with Gasteiger partial charge in [-0.1, -0.05) is 13.8 Å². The Hall–Kier alpha value is -2.73. The maximum atomic E-state index is 11.5. The molecule has 0 aliphatic rings. The van der Waals surface area contributed by atoms with Crippen LogP contribution >= 0.6 is 0 Å². The molecule has 31 heavy (non-hydrogen) atoms. The van der Waals surface area contributed by atoms with E-state index in [0.29, 0.717) is 30.0 Å². The Bertz CT molecular complexity index is 965. The van der Waals surface area contributed by atoms with Crippen LogP contribution in [0.25, 0.3) is 0 Å². The number of esters is 1. The van der Waals surface area contributed by atoms with E-state index >= 15 is 0 Å². The largest absolute Gasteiger partial charge is 0.508 e. The Morgan fingerprint density at radius 2 is 1.68 bits per heavy atom. The van der Waals surface area contributed by atoms with E-state index in [-0.39, 0.29) is 29.5 Å². The summed E-state index contributed by atoms with van der Waals surface area (Å²) in [6.07, 6.45) is -0.136. The molecule has 0 heterocycles. The van der Waals surface area contributed by atoms with Crippen molar-refractivity contribution in [3.8, 4) is 23.0 Å². The van der Waals surface area contributed by atoms with Gasteiger partial charge in [0.1, 0.15) is 29.1 Å². The molecular weight excluding hydrogens is 394 g/mol. The first-order valence-electron chi connectivity index (χ1n) is 10.6. The molecule has 0 fully saturated rings. The van der Waals surface area contributed by atoms with Crippen molar-refractivity contribution < 1.29 is 24.5 Å². The number of carbonyl (C=O) groups excluding carboxylic acids is 1. The van der Waals surface area contributed by atoms with E-state index in [9.17, 15) is 15.0 Å². The second kappa shape index (κ2) is 10.1. The van der Waals surface area contributed by atoms with Gasteiger partial charge in [-0.05, 0) is 69.4 Å². The van der Waals surface area contributed by atoms with Crippen LogP contribution in [-0.4, -0.2) is 28.8 Å². The van der Waals surface area contributed by atoms with Gasteiger partial charge in [0.2, 0.25) is 0 Å². The van der Waals surface area contributed by atoms with Crippen molar-refractivity contribution in [3.05, 3.63) is 45.5 Å². The third kappa shape index (κ3) is 5.70. The maximum Gasteiger partial charge on any atom is 0.308 e.